The zero-order chi connectivity index (χ0) is 19.0. The maximum atomic E-state index is 13.5. The highest BCUT2D eigenvalue weighted by atomic mass is 16.3. The van der Waals surface area contributed by atoms with Gasteiger partial charge in [0, 0.05) is 16.8 Å². The number of benzene rings is 1. The summed E-state index contributed by atoms with van der Waals surface area (Å²) < 4.78 is 0. The first-order chi connectivity index (χ1) is 13.1. The number of amides is 1. The molecule has 1 amide bonds. The summed E-state index contributed by atoms with van der Waals surface area (Å²) in [6.45, 7) is 4.25. The van der Waals surface area contributed by atoms with Crippen molar-refractivity contribution in [3.63, 3.8) is 0 Å². The molecule has 1 N–H and O–H groups in total. The molecule has 1 aromatic carbocycles. The molecule has 1 fully saturated rings. The van der Waals surface area contributed by atoms with Crippen LogP contribution in [-0.4, -0.2) is 34.3 Å². The Morgan fingerprint density at radius 2 is 2.07 bits per heavy atom. The highest BCUT2D eigenvalue weighted by molar-refractivity contribution is 5.91. The van der Waals surface area contributed by atoms with Gasteiger partial charge < -0.3 is 10.0 Å². The second-order valence-corrected chi connectivity index (χ2v) is 7.87. The van der Waals surface area contributed by atoms with Gasteiger partial charge in [-0.05, 0) is 50.0 Å². The van der Waals surface area contributed by atoms with E-state index in [1.807, 2.05) is 17.0 Å². The van der Waals surface area contributed by atoms with E-state index in [1.165, 1.54) is 0 Å². The van der Waals surface area contributed by atoms with E-state index < -0.39 is 6.10 Å². The Morgan fingerprint density at radius 3 is 2.85 bits per heavy atom. The number of nitrogens with zero attached hydrogens (tertiary/aromatic N) is 3. The van der Waals surface area contributed by atoms with Crippen LogP contribution in [0.15, 0.2) is 28.4 Å². The van der Waals surface area contributed by atoms with Crippen molar-refractivity contribution < 1.29 is 9.90 Å². The van der Waals surface area contributed by atoms with Crippen LogP contribution in [0.25, 0.3) is 11.8 Å². The fraction of sp³-hybridized carbons (Fsp3) is 0.500. The molecule has 0 aromatic heterocycles. The summed E-state index contributed by atoms with van der Waals surface area (Å²) in [4.78, 5) is 15.5. The van der Waals surface area contributed by atoms with E-state index in [0.29, 0.717) is 0 Å². The van der Waals surface area contributed by atoms with Gasteiger partial charge in [0.25, 0.3) is 0 Å². The minimum absolute atomic E-state index is 0.0644. The largest absolute Gasteiger partial charge is 0.392 e. The maximum Gasteiger partial charge on any atom is 0.232 e. The molecular formula is C22H27N3O2. The molecule has 142 valence electrons. The van der Waals surface area contributed by atoms with Crippen LogP contribution in [0, 0.1) is 5.92 Å². The molecule has 2 aliphatic carbocycles. The summed E-state index contributed by atoms with van der Waals surface area (Å²) in [7, 11) is 0. The Bertz CT molecular complexity index is 932. The van der Waals surface area contributed by atoms with Gasteiger partial charge in [0.15, 0.2) is 0 Å². The molecule has 27 heavy (non-hydrogen) atoms. The lowest BCUT2D eigenvalue weighted by Crippen LogP contribution is -2.46. The molecule has 1 aromatic rings. The van der Waals surface area contributed by atoms with Crippen LogP contribution in [0.5, 0.6) is 0 Å². The third kappa shape index (κ3) is 3.25. The molecule has 3 atom stereocenters. The third-order valence-corrected chi connectivity index (χ3v) is 5.95. The Labute approximate surface area is 159 Å². The molecule has 1 aliphatic heterocycles. The molecule has 0 bridgehead atoms. The molecule has 0 saturated heterocycles. The predicted molar refractivity (Wildman–Crippen MR) is 106 cm³/mol. The average molecular weight is 365 g/mol. The van der Waals surface area contributed by atoms with Gasteiger partial charge in [0.05, 0.1) is 29.3 Å². The van der Waals surface area contributed by atoms with Crippen LogP contribution < -0.4 is 10.6 Å². The molecular weight excluding hydrogens is 338 g/mol. The number of carbonyl (C=O) groups excluding carboxylic acids is 1. The first kappa shape index (κ1) is 18.1. The quantitative estimate of drug-likeness (QED) is 0.870. The maximum absolute atomic E-state index is 13.5. The van der Waals surface area contributed by atoms with E-state index in [2.05, 4.69) is 36.2 Å². The van der Waals surface area contributed by atoms with Gasteiger partial charge in [-0.25, -0.2) is 0 Å². The minimum Gasteiger partial charge on any atom is -0.392 e. The zero-order valence-corrected chi connectivity index (χ0v) is 16.1. The minimum atomic E-state index is -0.529. The van der Waals surface area contributed by atoms with Crippen molar-refractivity contribution in [3.8, 4) is 0 Å². The van der Waals surface area contributed by atoms with Crippen LogP contribution in [0.4, 0.5) is 0 Å². The highest BCUT2D eigenvalue weighted by Crippen LogP contribution is 2.30. The third-order valence-electron chi connectivity index (χ3n) is 5.95. The van der Waals surface area contributed by atoms with Crippen molar-refractivity contribution in [3.05, 3.63) is 39.9 Å². The summed E-state index contributed by atoms with van der Waals surface area (Å²) in [6, 6.07) is 4.20. The smallest absolute Gasteiger partial charge is 0.232 e. The first-order valence-electron chi connectivity index (χ1n) is 10.1. The van der Waals surface area contributed by atoms with E-state index in [4.69, 9.17) is 0 Å². The van der Waals surface area contributed by atoms with Crippen molar-refractivity contribution in [2.75, 3.05) is 0 Å². The fourth-order valence-electron chi connectivity index (χ4n) is 4.49. The Balaban J connectivity index is 1.79. The van der Waals surface area contributed by atoms with Crippen LogP contribution in [0.3, 0.4) is 0 Å². The zero-order valence-electron chi connectivity index (χ0n) is 16.1. The van der Waals surface area contributed by atoms with Crippen molar-refractivity contribution in [2.24, 2.45) is 16.1 Å². The van der Waals surface area contributed by atoms with Gasteiger partial charge in [-0.3, -0.25) is 4.79 Å². The van der Waals surface area contributed by atoms with E-state index in [9.17, 15) is 9.90 Å². The standard InChI is InChI=1S/C22H27N3O2/c1-3-6-14(2)25(22(27)17-7-4-5-8-21(17)26)20-10-9-15-12-19-16(11-18(15)20)13-23-24-19/h9-14,17,21,26H,3-8H2,1-2H3. The van der Waals surface area contributed by atoms with E-state index in [1.54, 1.807) is 6.21 Å². The topological polar surface area (TPSA) is 65.3 Å². The summed E-state index contributed by atoms with van der Waals surface area (Å²) in [6.07, 6.45) is 10.8. The van der Waals surface area contributed by atoms with Crippen molar-refractivity contribution in [2.45, 2.75) is 64.5 Å². The van der Waals surface area contributed by atoms with E-state index in [-0.39, 0.29) is 17.9 Å². The highest BCUT2D eigenvalue weighted by Gasteiger charge is 2.36. The van der Waals surface area contributed by atoms with Crippen LogP contribution in [0.1, 0.15) is 63.5 Å². The fourth-order valence-corrected chi connectivity index (χ4v) is 4.49. The second kappa shape index (κ2) is 7.39. The van der Waals surface area contributed by atoms with Crippen molar-refractivity contribution in [1.82, 2.24) is 4.90 Å². The van der Waals surface area contributed by atoms with Crippen molar-refractivity contribution in [1.29, 1.82) is 0 Å². The predicted octanol–water partition coefficient (Wildman–Crippen LogP) is 2.36. The summed E-state index contributed by atoms with van der Waals surface area (Å²) >= 11 is 0. The number of aliphatic hydroxyl groups is 1. The number of rotatable bonds is 5. The van der Waals surface area contributed by atoms with Crippen molar-refractivity contribution >= 4 is 23.9 Å². The van der Waals surface area contributed by atoms with Gasteiger partial charge in [0.2, 0.25) is 5.91 Å². The summed E-state index contributed by atoms with van der Waals surface area (Å²) in [5.74, 6) is -0.233. The Morgan fingerprint density at radius 1 is 1.26 bits per heavy atom. The molecule has 5 nitrogen and oxygen atoms in total. The number of fused-ring (bicyclic) bond motifs is 2. The van der Waals surface area contributed by atoms with Gasteiger partial charge in [-0.15, -0.1) is 0 Å². The lowest BCUT2D eigenvalue weighted by molar-refractivity contribution is -0.139. The number of aliphatic hydroxyl groups excluding tert-OH is 1. The first-order valence-corrected chi connectivity index (χ1v) is 10.1. The molecule has 3 aliphatic rings. The van der Waals surface area contributed by atoms with Gasteiger partial charge in [-0.2, -0.15) is 10.2 Å². The normalized spacial score (nSPS) is 23.7. The Hall–Kier alpha value is -2.27. The number of hydrogen-bond donors (Lipinski definition) is 1. The molecule has 5 heteroatoms. The number of hydrogen-bond acceptors (Lipinski definition) is 4. The average Bonchev–Trinajstić information content (AvgIpc) is 3.27. The van der Waals surface area contributed by atoms with Crippen LogP contribution in [0.2, 0.25) is 0 Å². The number of carbonyl (C=O) groups is 1. The Kier molecular flexibility index (Phi) is 4.96. The van der Waals surface area contributed by atoms with Crippen LogP contribution in [-0.2, 0) is 4.79 Å². The van der Waals surface area contributed by atoms with Gasteiger partial charge in [0.1, 0.15) is 0 Å². The van der Waals surface area contributed by atoms with Gasteiger partial charge >= 0.3 is 0 Å². The molecule has 4 rings (SSSR count). The van der Waals surface area contributed by atoms with E-state index in [0.717, 1.165) is 65.9 Å². The molecule has 0 radical (unpaired) electrons. The molecule has 1 saturated carbocycles. The lowest BCUT2D eigenvalue weighted by atomic mass is 9.85. The van der Waals surface area contributed by atoms with Gasteiger partial charge in [-0.1, -0.05) is 32.3 Å². The molecule has 3 unspecified atom stereocenters. The molecule has 1 heterocycles. The molecule has 0 spiro atoms. The van der Waals surface area contributed by atoms with Crippen LogP contribution >= 0.6 is 0 Å². The summed E-state index contributed by atoms with van der Waals surface area (Å²) in [5, 5.41) is 20.5. The SMILES string of the molecule is CCCC(C)N(C(=O)C1CCCCC1O)C1=c2cc3c(cc2C=C1)=NN=C3. The summed E-state index contributed by atoms with van der Waals surface area (Å²) in [5.41, 5.74) is 3.00. The monoisotopic (exact) mass is 365 g/mol. The lowest BCUT2D eigenvalue weighted by Gasteiger charge is -2.36. The van der Waals surface area contributed by atoms with E-state index >= 15 is 0 Å². The second-order valence-electron chi connectivity index (χ2n) is 7.87.